The largest absolute Gasteiger partial charge is 0.490 e. The Labute approximate surface area is 126 Å². The molecule has 0 fully saturated rings. The minimum absolute atomic E-state index is 0.0483. The Hall–Kier alpha value is -1.56. The van der Waals surface area contributed by atoms with E-state index in [1.807, 2.05) is 13.8 Å². The molecule has 0 unspecified atom stereocenters. The smallest absolute Gasteiger partial charge is 0.325 e. The number of carbonyl (C=O) groups is 2. The summed E-state index contributed by atoms with van der Waals surface area (Å²) in [6, 6.07) is 5.15. The first-order chi connectivity index (χ1) is 9.43. The van der Waals surface area contributed by atoms with Crippen molar-refractivity contribution in [1.82, 2.24) is 5.32 Å². The second kappa shape index (κ2) is 7.89. The summed E-state index contributed by atoms with van der Waals surface area (Å²) in [6.45, 7) is 5.58. The van der Waals surface area contributed by atoms with Gasteiger partial charge in [0, 0.05) is 4.47 Å². The highest BCUT2D eigenvalue weighted by Crippen LogP contribution is 2.24. The van der Waals surface area contributed by atoms with Crippen LogP contribution < -0.4 is 10.1 Å². The van der Waals surface area contributed by atoms with E-state index in [-0.39, 0.29) is 25.2 Å². The standard InChI is InChI=1S/C14H18BrNO4/c1-4-19-13(17)8-16-14(18)11-7-10(15)5-6-12(11)20-9(2)3/h5-7,9H,4,8H2,1-3H3,(H,16,18). The maximum Gasteiger partial charge on any atom is 0.325 e. The van der Waals surface area contributed by atoms with Gasteiger partial charge >= 0.3 is 5.97 Å². The molecule has 20 heavy (non-hydrogen) atoms. The minimum Gasteiger partial charge on any atom is -0.490 e. The molecule has 6 heteroatoms. The van der Waals surface area contributed by atoms with Crippen molar-refractivity contribution in [2.75, 3.05) is 13.2 Å². The first kappa shape index (κ1) is 16.5. The predicted molar refractivity (Wildman–Crippen MR) is 78.9 cm³/mol. The summed E-state index contributed by atoms with van der Waals surface area (Å²) in [4.78, 5) is 23.3. The average Bonchev–Trinajstić information content (AvgIpc) is 2.38. The van der Waals surface area contributed by atoms with Gasteiger partial charge in [-0.05, 0) is 39.0 Å². The van der Waals surface area contributed by atoms with Crippen molar-refractivity contribution >= 4 is 27.8 Å². The summed E-state index contributed by atoms with van der Waals surface area (Å²) in [7, 11) is 0. The van der Waals surface area contributed by atoms with E-state index in [1.54, 1.807) is 25.1 Å². The number of hydrogen-bond donors (Lipinski definition) is 1. The van der Waals surface area contributed by atoms with Crippen LogP contribution in [0.5, 0.6) is 5.75 Å². The highest BCUT2D eigenvalue weighted by Gasteiger charge is 2.15. The van der Waals surface area contributed by atoms with Gasteiger partial charge in [-0.15, -0.1) is 0 Å². The van der Waals surface area contributed by atoms with E-state index >= 15 is 0 Å². The fourth-order valence-corrected chi connectivity index (χ4v) is 1.86. The van der Waals surface area contributed by atoms with Crippen LogP contribution in [-0.2, 0) is 9.53 Å². The van der Waals surface area contributed by atoms with Crippen LogP contribution in [0.1, 0.15) is 31.1 Å². The van der Waals surface area contributed by atoms with Crippen LogP contribution in [0, 0.1) is 0 Å². The van der Waals surface area contributed by atoms with E-state index < -0.39 is 5.97 Å². The summed E-state index contributed by atoms with van der Waals surface area (Å²) in [5.41, 5.74) is 0.373. The number of esters is 1. The average molecular weight is 344 g/mol. The first-order valence-electron chi connectivity index (χ1n) is 6.34. The van der Waals surface area contributed by atoms with E-state index in [4.69, 9.17) is 9.47 Å². The van der Waals surface area contributed by atoms with Gasteiger partial charge < -0.3 is 14.8 Å². The lowest BCUT2D eigenvalue weighted by Gasteiger charge is -2.14. The molecule has 0 aromatic heterocycles. The van der Waals surface area contributed by atoms with Crippen molar-refractivity contribution in [1.29, 1.82) is 0 Å². The number of rotatable bonds is 6. The van der Waals surface area contributed by atoms with Crippen molar-refractivity contribution in [3.05, 3.63) is 28.2 Å². The van der Waals surface area contributed by atoms with Gasteiger partial charge in [0.2, 0.25) is 0 Å². The molecule has 0 radical (unpaired) electrons. The number of halogens is 1. The quantitative estimate of drug-likeness (QED) is 0.806. The molecule has 5 nitrogen and oxygen atoms in total. The number of carbonyl (C=O) groups excluding carboxylic acids is 2. The minimum atomic E-state index is -0.470. The van der Waals surface area contributed by atoms with Gasteiger partial charge in [-0.3, -0.25) is 9.59 Å². The predicted octanol–water partition coefficient (Wildman–Crippen LogP) is 2.53. The Morgan fingerprint density at radius 2 is 2.05 bits per heavy atom. The summed E-state index contributed by atoms with van der Waals surface area (Å²) in [6.07, 6.45) is -0.0483. The summed E-state index contributed by atoms with van der Waals surface area (Å²) < 4.78 is 11.1. The van der Waals surface area contributed by atoms with Crippen molar-refractivity contribution in [3.8, 4) is 5.75 Å². The van der Waals surface area contributed by atoms with Gasteiger partial charge in [0.05, 0.1) is 18.3 Å². The SMILES string of the molecule is CCOC(=O)CNC(=O)c1cc(Br)ccc1OC(C)C. The zero-order valence-corrected chi connectivity index (χ0v) is 13.3. The molecule has 0 saturated heterocycles. The van der Waals surface area contributed by atoms with Crippen LogP contribution in [0.25, 0.3) is 0 Å². The van der Waals surface area contributed by atoms with Crippen LogP contribution in [0.4, 0.5) is 0 Å². The molecule has 1 amide bonds. The number of amides is 1. The number of ether oxygens (including phenoxy) is 2. The van der Waals surface area contributed by atoms with Crippen molar-refractivity contribution in [2.45, 2.75) is 26.9 Å². The summed E-state index contributed by atoms with van der Waals surface area (Å²) in [5.74, 6) is -0.373. The Morgan fingerprint density at radius 3 is 2.65 bits per heavy atom. The van der Waals surface area contributed by atoms with Gasteiger partial charge in [-0.25, -0.2) is 0 Å². The van der Waals surface area contributed by atoms with Crippen LogP contribution in [0.2, 0.25) is 0 Å². The topological polar surface area (TPSA) is 64.6 Å². The zero-order chi connectivity index (χ0) is 15.1. The lowest BCUT2D eigenvalue weighted by Crippen LogP contribution is -2.31. The van der Waals surface area contributed by atoms with E-state index in [9.17, 15) is 9.59 Å². The molecule has 1 aromatic rings. The van der Waals surface area contributed by atoms with E-state index in [1.165, 1.54) is 0 Å². The van der Waals surface area contributed by atoms with Crippen molar-refractivity contribution in [3.63, 3.8) is 0 Å². The van der Waals surface area contributed by atoms with E-state index in [0.29, 0.717) is 11.3 Å². The molecule has 0 aliphatic heterocycles. The van der Waals surface area contributed by atoms with Crippen LogP contribution in [0.3, 0.4) is 0 Å². The Balaban J connectivity index is 2.80. The van der Waals surface area contributed by atoms with Crippen molar-refractivity contribution < 1.29 is 19.1 Å². The fraction of sp³-hybridized carbons (Fsp3) is 0.429. The van der Waals surface area contributed by atoms with Crippen molar-refractivity contribution in [2.24, 2.45) is 0 Å². The molecule has 1 aromatic carbocycles. The van der Waals surface area contributed by atoms with E-state index in [2.05, 4.69) is 21.2 Å². The van der Waals surface area contributed by atoms with Gasteiger partial charge in [0.1, 0.15) is 12.3 Å². The summed E-state index contributed by atoms with van der Waals surface area (Å²) >= 11 is 3.31. The molecule has 0 spiro atoms. The zero-order valence-electron chi connectivity index (χ0n) is 11.7. The normalized spacial score (nSPS) is 10.2. The molecular formula is C14H18BrNO4. The molecule has 0 saturated carbocycles. The molecular weight excluding hydrogens is 326 g/mol. The van der Waals surface area contributed by atoms with Gasteiger partial charge in [-0.1, -0.05) is 15.9 Å². The first-order valence-corrected chi connectivity index (χ1v) is 7.13. The highest BCUT2D eigenvalue weighted by atomic mass is 79.9. The molecule has 0 aliphatic rings. The second-order valence-corrected chi connectivity index (χ2v) is 5.21. The van der Waals surface area contributed by atoms with Crippen LogP contribution in [-0.4, -0.2) is 31.1 Å². The number of benzene rings is 1. The molecule has 0 bridgehead atoms. The molecule has 0 heterocycles. The molecule has 1 N–H and O–H groups in total. The summed E-state index contributed by atoms with van der Waals surface area (Å²) in [5, 5.41) is 2.51. The Morgan fingerprint density at radius 1 is 1.35 bits per heavy atom. The third-order valence-corrected chi connectivity index (χ3v) is 2.74. The van der Waals surface area contributed by atoms with Gasteiger partial charge in [-0.2, -0.15) is 0 Å². The van der Waals surface area contributed by atoms with Gasteiger partial charge in [0.15, 0.2) is 0 Å². The number of hydrogen-bond acceptors (Lipinski definition) is 4. The maximum atomic E-state index is 12.1. The molecule has 0 aliphatic carbocycles. The van der Waals surface area contributed by atoms with Crippen LogP contribution >= 0.6 is 15.9 Å². The monoisotopic (exact) mass is 343 g/mol. The lowest BCUT2D eigenvalue weighted by molar-refractivity contribution is -0.141. The molecule has 0 atom stereocenters. The van der Waals surface area contributed by atoms with Gasteiger partial charge in [0.25, 0.3) is 5.91 Å². The lowest BCUT2D eigenvalue weighted by atomic mass is 10.2. The number of nitrogens with one attached hydrogen (secondary N) is 1. The fourth-order valence-electron chi connectivity index (χ4n) is 1.50. The molecule has 110 valence electrons. The Bertz CT molecular complexity index is 488. The Kier molecular flexibility index (Phi) is 6.51. The third-order valence-electron chi connectivity index (χ3n) is 2.25. The van der Waals surface area contributed by atoms with Crippen LogP contribution in [0.15, 0.2) is 22.7 Å². The molecule has 1 rings (SSSR count). The maximum absolute atomic E-state index is 12.1. The van der Waals surface area contributed by atoms with E-state index in [0.717, 1.165) is 4.47 Å². The second-order valence-electron chi connectivity index (χ2n) is 4.29. The third kappa shape index (κ3) is 5.21. The highest BCUT2D eigenvalue weighted by molar-refractivity contribution is 9.10.